The zero-order chi connectivity index (χ0) is 16.7. The molecule has 2 aromatic heterocycles. The quantitative estimate of drug-likeness (QED) is 0.820. The van der Waals surface area contributed by atoms with E-state index >= 15 is 0 Å². The molecule has 0 aliphatic rings. The molecule has 1 atom stereocenters. The highest BCUT2D eigenvalue weighted by molar-refractivity contribution is 5.97. The van der Waals surface area contributed by atoms with Crippen LogP contribution in [0.2, 0.25) is 0 Å². The number of furan rings is 1. The lowest BCUT2D eigenvalue weighted by Crippen LogP contribution is -2.47. The van der Waals surface area contributed by atoms with Gasteiger partial charge in [-0.05, 0) is 36.6 Å². The first-order chi connectivity index (χ1) is 11.1. The Kier molecular flexibility index (Phi) is 5.91. The Labute approximate surface area is 135 Å². The van der Waals surface area contributed by atoms with Crippen LogP contribution >= 0.6 is 0 Å². The van der Waals surface area contributed by atoms with Crippen LogP contribution in [0.3, 0.4) is 0 Å². The monoisotopic (exact) mass is 315 g/mol. The Morgan fingerprint density at radius 1 is 1.26 bits per heavy atom. The van der Waals surface area contributed by atoms with E-state index in [1.807, 2.05) is 13.8 Å². The zero-order valence-corrected chi connectivity index (χ0v) is 13.3. The number of pyridine rings is 1. The molecule has 0 spiro atoms. The van der Waals surface area contributed by atoms with Crippen molar-refractivity contribution in [2.24, 2.45) is 5.92 Å². The molecule has 2 aromatic rings. The maximum atomic E-state index is 12.4. The van der Waals surface area contributed by atoms with E-state index in [1.165, 1.54) is 6.20 Å². The minimum atomic E-state index is -0.599. The average Bonchev–Trinajstić information content (AvgIpc) is 3.05. The van der Waals surface area contributed by atoms with Crippen molar-refractivity contribution in [1.29, 1.82) is 0 Å². The van der Waals surface area contributed by atoms with E-state index in [1.54, 1.807) is 36.7 Å². The Balaban J connectivity index is 1.98. The SMILES string of the molecule is CC(C)C[C@@H](NC(=O)c1cccnc1)C(=O)NCc1ccco1. The summed E-state index contributed by atoms with van der Waals surface area (Å²) in [5, 5.41) is 5.56. The number of amides is 2. The molecule has 0 aliphatic heterocycles. The maximum Gasteiger partial charge on any atom is 0.253 e. The molecule has 122 valence electrons. The third-order valence-corrected chi connectivity index (χ3v) is 3.27. The second-order valence-electron chi connectivity index (χ2n) is 5.69. The van der Waals surface area contributed by atoms with Crippen molar-refractivity contribution in [2.75, 3.05) is 0 Å². The van der Waals surface area contributed by atoms with Gasteiger partial charge in [-0.1, -0.05) is 13.8 Å². The van der Waals surface area contributed by atoms with Gasteiger partial charge in [0.15, 0.2) is 0 Å². The largest absolute Gasteiger partial charge is 0.467 e. The smallest absolute Gasteiger partial charge is 0.253 e. The van der Waals surface area contributed by atoms with E-state index < -0.39 is 6.04 Å². The van der Waals surface area contributed by atoms with Crippen LogP contribution in [-0.2, 0) is 11.3 Å². The van der Waals surface area contributed by atoms with E-state index in [4.69, 9.17) is 4.42 Å². The third kappa shape index (κ3) is 5.25. The van der Waals surface area contributed by atoms with Crippen LogP contribution < -0.4 is 10.6 Å². The van der Waals surface area contributed by atoms with E-state index in [-0.39, 0.29) is 17.7 Å². The van der Waals surface area contributed by atoms with Crippen LogP contribution in [0.5, 0.6) is 0 Å². The summed E-state index contributed by atoms with van der Waals surface area (Å²) < 4.78 is 5.18. The fraction of sp³-hybridized carbons (Fsp3) is 0.353. The Morgan fingerprint density at radius 2 is 2.09 bits per heavy atom. The zero-order valence-electron chi connectivity index (χ0n) is 13.3. The lowest BCUT2D eigenvalue weighted by atomic mass is 10.0. The number of hydrogen-bond acceptors (Lipinski definition) is 4. The number of nitrogens with one attached hydrogen (secondary N) is 2. The van der Waals surface area contributed by atoms with Crippen molar-refractivity contribution in [3.8, 4) is 0 Å². The van der Waals surface area contributed by atoms with Crippen molar-refractivity contribution in [2.45, 2.75) is 32.9 Å². The summed E-state index contributed by atoms with van der Waals surface area (Å²) in [6.07, 6.45) is 5.17. The molecule has 6 heteroatoms. The Hall–Kier alpha value is -2.63. The number of carbonyl (C=O) groups is 2. The summed E-state index contributed by atoms with van der Waals surface area (Å²) in [6.45, 7) is 4.30. The molecule has 2 rings (SSSR count). The normalized spacial score (nSPS) is 12.0. The average molecular weight is 315 g/mol. The van der Waals surface area contributed by atoms with E-state index in [0.29, 0.717) is 24.3 Å². The molecule has 6 nitrogen and oxygen atoms in total. The standard InChI is InChI=1S/C17H21N3O3/c1-12(2)9-15(17(22)19-11-14-6-4-8-23-14)20-16(21)13-5-3-7-18-10-13/h3-8,10,12,15H,9,11H2,1-2H3,(H,19,22)(H,20,21)/t15-/m1/s1. The summed E-state index contributed by atoms with van der Waals surface area (Å²) in [4.78, 5) is 28.5. The van der Waals surface area contributed by atoms with Gasteiger partial charge in [-0.2, -0.15) is 0 Å². The van der Waals surface area contributed by atoms with E-state index in [9.17, 15) is 9.59 Å². The minimum absolute atomic E-state index is 0.229. The van der Waals surface area contributed by atoms with Gasteiger partial charge in [0.2, 0.25) is 5.91 Å². The first kappa shape index (κ1) is 16.7. The van der Waals surface area contributed by atoms with Gasteiger partial charge in [0.05, 0.1) is 18.4 Å². The van der Waals surface area contributed by atoms with Crippen molar-refractivity contribution >= 4 is 11.8 Å². The minimum Gasteiger partial charge on any atom is -0.467 e. The second-order valence-corrected chi connectivity index (χ2v) is 5.69. The Bertz CT molecular complexity index is 624. The molecule has 0 saturated heterocycles. The predicted octanol–water partition coefficient (Wildman–Crippen LogP) is 2.14. The molecule has 2 N–H and O–H groups in total. The van der Waals surface area contributed by atoms with Gasteiger partial charge in [0, 0.05) is 12.4 Å². The van der Waals surface area contributed by atoms with Crippen molar-refractivity contribution < 1.29 is 14.0 Å². The highest BCUT2D eigenvalue weighted by Crippen LogP contribution is 2.07. The summed E-state index contributed by atoms with van der Waals surface area (Å²) in [6, 6.07) is 6.29. The van der Waals surface area contributed by atoms with Crippen molar-refractivity contribution in [1.82, 2.24) is 15.6 Å². The molecule has 2 heterocycles. The number of hydrogen-bond donors (Lipinski definition) is 2. The molecule has 0 radical (unpaired) electrons. The van der Waals surface area contributed by atoms with Gasteiger partial charge in [0.1, 0.15) is 11.8 Å². The second kappa shape index (κ2) is 8.12. The molecular weight excluding hydrogens is 294 g/mol. The molecule has 0 aliphatic carbocycles. The fourth-order valence-corrected chi connectivity index (χ4v) is 2.15. The summed E-state index contributed by atoms with van der Waals surface area (Å²) in [7, 11) is 0. The lowest BCUT2D eigenvalue weighted by Gasteiger charge is -2.20. The molecule has 0 saturated carbocycles. The summed E-state index contributed by atoms with van der Waals surface area (Å²) in [5.74, 6) is 0.396. The van der Waals surface area contributed by atoms with Crippen molar-refractivity contribution in [3.63, 3.8) is 0 Å². The Morgan fingerprint density at radius 3 is 2.70 bits per heavy atom. The van der Waals surface area contributed by atoms with Gasteiger partial charge < -0.3 is 15.1 Å². The molecule has 0 aromatic carbocycles. The number of carbonyl (C=O) groups excluding carboxylic acids is 2. The first-order valence-corrected chi connectivity index (χ1v) is 7.57. The highest BCUT2D eigenvalue weighted by Gasteiger charge is 2.22. The predicted molar refractivity (Wildman–Crippen MR) is 85.5 cm³/mol. The van der Waals surface area contributed by atoms with Gasteiger partial charge in [0.25, 0.3) is 5.91 Å². The molecule has 0 unspecified atom stereocenters. The van der Waals surface area contributed by atoms with Gasteiger partial charge >= 0.3 is 0 Å². The lowest BCUT2D eigenvalue weighted by molar-refractivity contribution is -0.123. The summed E-state index contributed by atoms with van der Waals surface area (Å²) in [5.41, 5.74) is 0.431. The van der Waals surface area contributed by atoms with Crippen LogP contribution in [0.4, 0.5) is 0 Å². The molecule has 23 heavy (non-hydrogen) atoms. The van der Waals surface area contributed by atoms with Gasteiger partial charge in [-0.3, -0.25) is 14.6 Å². The third-order valence-electron chi connectivity index (χ3n) is 3.27. The molecule has 0 bridgehead atoms. The van der Waals surface area contributed by atoms with Crippen molar-refractivity contribution in [3.05, 3.63) is 54.2 Å². The number of rotatable bonds is 7. The topological polar surface area (TPSA) is 84.2 Å². The molecule has 0 fully saturated rings. The van der Waals surface area contributed by atoms with Crippen LogP contribution in [0.15, 0.2) is 47.3 Å². The highest BCUT2D eigenvalue weighted by atomic mass is 16.3. The molecule has 2 amide bonds. The van der Waals surface area contributed by atoms with Crippen LogP contribution in [0.1, 0.15) is 36.4 Å². The molecular formula is C17H21N3O3. The fourth-order valence-electron chi connectivity index (χ4n) is 2.15. The van der Waals surface area contributed by atoms with Gasteiger partial charge in [-0.15, -0.1) is 0 Å². The van der Waals surface area contributed by atoms with Gasteiger partial charge in [-0.25, -0.2) is 0 Å². The van der Waals surface area contributed by atoms with Crippen LogP contribution in [-0.4, -0.2) is 22.8 Å². The number of aromatic nitrogens is 1. The van der Waals surface area contributed by atoms with Crippen LogP contribution in [0.25, 0.3) is 0 Å². The summed E-state index contributed by atoms with van der Waals surface area (Å²) >= 11 is 0. The number of nitrogens with zero attached hydrogens (tertiary/aromatic N) is 1. The van der Waals surface area contributed by atoms with E-state index in [2.05, 4.69) is 15.6 Å². The van der Waals surface area contributed by atoms with E-state index in [0.717, 1.165) is 0 Å². The van der Waals surface area contributed by atoms with Crippen LogP contribution in [0, 0.1) is 5.92 Å². The first-order valence-electron chi connectivity index (χ1n) is 7.57. The maximum absolute atomic E-state index is 12.4.